The molecule has 0 unspecified atom stereocenters. The number of anilines is 2. The van der Waals surface area contributed by atoms with Crippen molar-refractivity contribution >= 4 is 72.5 Å². The van der Waals surface area contributed by atoms with E-state index in [9.17, 15) is 0 Å². The molecule has 0 aliphatic carbocycles. The summed E-state index contributed by atoms with van der Waals surface area (Å²) in [7, 11) is 0. The zero-order chi connectivity index (χ0) is 17.2. The number of aromatic nitrogens is 4. The van der Waals surface area contributed by atoms with Gasteiger partial charge in [-0.3, -0.25) is 0 Å². The molecule has 0 atom stereocenters. The van der Waals surface area contributed by atoms with Crippen molar-refractivity contribution in [3.63, 3.8) is 0 Å². The molecule has 2 heterocycles. The Hall–Kier alpha value is -1.74. The van der Waals surface area contributed by atoms with Crippen LogP contribution in [-0.2, 0) is 0 Å². The number of benzene rings is 2. The van der Waals surface area contributed by atoms with Gasteiger partial charge in [-0.1, -0.05) is 28.1 Å². The van der Waals surface area contributed by atoms with Gasteiger partial charge in [0.1, 0.15) is 0 Å². The third kappa shape index (κ3) is 4.09. The number of halogens is 2. The van der Waals surface area contributed by atoms with Gasteiger partial charge in [0, 0.05) is 10.2 Å². The maximum Gasteiger partial charge on any atom is 0.232 e. The van der Waals surface area contributed by atoms with Crippen molar-refractivity contribution in [2.75, 3.05) is 5.32 Å². The molecule has 5 nitrogen and oxygen atoms in total. The fraction of sp³-hybridized carbons (Fsp3) is 0. The predicted molar refractivity (Wildman–Crippen MR) is 106 cm³/mol. The number of nitrogens with zero attached hydrogens (tertiary/aromatic N) is 4. The van der Waals surface area contributed by atoms with E-state index in [1.165, 1.54) is 11.8 Å². The molecule has 0 fully saturated rings. The van der Waals surface area contributed by atoms with Crippen molar-refractivity contribution in [2.24, 2.45) is 0 Å². The largest absolute Gasteiger partial charge is 0.324 e. The molecular weight excluding hydrogens is 442 g/mol. The number of para-hydroxylation sites is 1. The van der Waals surface area contributed by atoms with Crippen LogP contribution in [-0.4, -0.2) is 19.9 Å². The Balaban J connectivity index is 1.59. The van der Waals surface area contributed by atoms with Crippen molar-refractivity contribution in [3.8, 4) is 0 Å². The Morgan fingerprint density at radius 3 is 2.56 bits per heavy atom. The molecule has 0 spiro atoms. The standard InChI is InChI=1S/C16H9BrClN5S2/c17-9-5-7-10(8-6-9)19-14-21-13(18)22-15(23-14)25-16-20-11-3-1-2-4-12(11)24-16/h1-8H,(H,19,21,22,23). The number of nitrogens with one attached hydrogen (secondary N) is 1. The minimum absolute atomic E-state index is 0.137. The fourth-order valence-corrected chi connectivity index (χ4v) is 4.46. The molecule has 9 heteroatoms. The Bertz CT molecular complexity index is 1010. The molecule has 0 aliphatic rings. The highest BCUT2D eigenvalue weighted by atomic mass is 79.9. The topological polar surface area (TPSA) is 63.6 Å². The van der Waals surface area contributed by atoms with Gasteiger partial charge in [0.2, 0.25) is 16.4 Å². The summed E-state index contributed by atoms with van der Waals surface area (Å²) in [5.41, 5.74) is 1.82. The van der Waals surface area contributed by atoms with Gasteiger partial charge in [-0.25, -0.2) is 4.98 Å². The van der Waals surface area contributed by atoms with Gasteiger partial charge in [-0.05, 0) is 59.8 Å². The molecule has 1 N–H and O–H groups in total. The lowest BCUT2D eigenvalue weighted by atomic mass is 10.3. The molecule has 0 radical (unpaired) electrons. The maximum absolute atomic E-state index is 6.05. The molecule has 25 heavy (non-hydrogen) atoms. The summed E-state index contributed by atoms with van der Waals surface area (Å²) < 4.78 is 2.98. The smallest absolute Gasteiger partial charge is 0.232 e. The lowest BCUT2D eigenvalue weighted by Crippen LogP contribution is -2.00. The second-order valence-electron chi connectivity index (χ2n) is 4.89. The van der Waals surface area contributed by atoms with Gasteiger partial charge in [-0.2, -0.15) is 15.0 Å². The van der Waals surface area contributed by atoms with Gasteiger partial charge < -0.3 is 5.32 Å². The van der Waals surface area contributed by atoms with Crippen LogP contribution in [0, 0.1) is 0 Å². The molecular formula is C16H9BrClN5S2. The van der Waals surface area contributed by atoms with E-state index >= 15 is 0 Å². The number of hydrogen-bond donors (Lipinski definition) is 1. The van der Waals surface area contributed by atoms with Gasteiger partial charge in [0.15, 0.2) is 4.34 Å². The molecule has 4 rings (SSSR count). The quantitative estimate of drug-likeness (QED) is 0.424. The van der Waals surface area contributed by atoms with Crippen LogP contribution in [0.5, 0.6) is 0 Å². The van der Waals surface area contributed by atoms with Crippen molar-refractivity contribution in [2.45, 2.75) is 9.50 Å². The number of fused-ring (bicyclic) bond motifs is 1. The monoisotopic (exact) mass is 449 g/mol. The van der Waals surface area contributed by atoms with Crippen LogP contribution in [0.15, 0.2) is 62.5 Å². The molecule has 0 amide bonds. The minimum Gasteiger partial charge on any atom is -0.324 e. The molecule has 0 saturated heterocycles. The molecule has 0 aliphatic heterocycles. The molecule has 0 bridgehead atoms. The summed E-state index contributed by atoms with van der Waals surface area (Å²) in [5, 5.41) is 3.76. The van der Waals surface area contributed by atoms with E-state index in [4.69, 9.17) is 11.6 Å². The number of hydrogen-bond acceptors (Lipinski definition) is 7. The molecule has 124 valence electrons. The average molecular weight is 451 g/mol. The van der Waals surface area contributed by atoms with E-state index in [0.717, 1.165) is 24.7 Å². The Morgan fingerprint density at radius 1 is 0.960 bits per heavy atom. The Labute approximate surface area is 165 Å². The van der Waals surface area contributed by atoms with Gasteiger partial charge in [-0.15, -0.1) is 11.3 Å². The van der Waals surface area contributed by atoms with Crippen LogP contribution in [0.2, 0.25) is 5.28 Å². The second-order valence-corrected chi connectivity index (χ2v) is 8.39. The lowest BCUT2D eigenvalue weighted by molar-refractivity contribution is 0.911. The molecule has 0 saturated carbocycles. The van der Waals surface area contributed by atoms with Gasteiger partial charge >= 0.3 is 0 Å². The van der Waals surface area contributed by atoms with Crippen LogP contribution in [0.1, 0.15) is 0 Å². The van der Waals surface area contributed by atoms with Crippen LogP contribution in [0.25, 0.3) is 10.2 Å². The van der Waals surface area contributed by atoms with E-state index in [2.05, 4.69) is 41.2 Å². The molecule has 2 aromatic heterocycles. The predicted octanol–water partition coefficient (Wildman–Crippen LogP) is 5.79. The third-order valence-electron chi connectivity index (χ3n) is 3.14. The Morgan fingerprint density at radius 2 is 1.76 bits per heavy atom. The zero-order valence-corrected chi connectivity index (χ0v) is 16.5. The minimum atomic E-state index is 0.137. The van der Waals surface area contributed by atoms with E-state index in [1.54, 1.807) is 11.3 Å². The first kappa shape index (κ1) is 16.7. The number of thiazole rings is 1. The molecule has 2 aromatic carbocycles. The normalized spacial score (nSPS) is 11.0. The summed E-state index contributed by atoms with van der Waals surface area (Å²) in [6.45, 7) is 0. The first-order valence-electron chi connectivity index (χ1n) is 7.13. The summed E-state index contributed by atoms with van der Waals surface area (Å²) >= 11 is 12.4. The van der Waals surface area contributed by atoms with E-state index < -0.39 is 0 Å². The highest BCUT2D eigenvalue weighted by Crippen LogP contribution is 2.33. The van der Waals surface area contributed by atoms with E-state index in [0.29, 0.717) is 11.1 Å². The Kier molecular flexibility index (Phi) is 4.85. The third-order valence-corrected chi connectivity index (χ3v) is 5.80. The molecule has 4 aromatic rings. The maximum atomic E-state index is 6.05. The fourth-order valence-electron chi connectivity index (χ4n) is 2.07. The van der Waals surface area contributed by atoms with Crippen molar-refractivity contribution < 1.29 is 0 Å². The summed E-state index contributed by atoms with van der Waals surface area (Å²) in [6, 6.07) is 15.7. The van der Waals surface area contributed by atoms with E-state index in [-0.39, 0.29) is 5.28 Å². The highest BCUT2D eigenvalue weighted by molar-refractivity contribution is 9.10. The van der Waals surface area contributed by atoms with Crippen LogP contribution >= 0.6 is 50.6 Å². The SMILES string of the molecule is Clc1nc(Nc2ccc(Br)cc2)nc(Sc2nc3ccccc3s2)n1. The van der Waals surface area contributed by atoms with Crippen molar-refractivity contribution in [1.82, 2.24) is 19.9 Å². The van der Waals surface area contributed by atoms with Gasteiger partial charge in [0.25, 0.3) is 0 Å². The van der Waals surface area contributed by atoms with Gasteiger partial charge in [0.05, 0.1) is 10.2 Å². The zero-order valence-electron chi connectivity index (χ0n) is 12.5. The van der Waals surface area contributed by atoms with Crippen molar-refractivity contribution in [1.29, 1.82) is 0 Å². The van der Waals surface area contributed by atoms with Crippen LogP contribution < -0.4 is 5.32 Å². The lowest BCUT2D eigenvalue weighted by Gasteiger charge is -2.06. The summed E-state index contributed by atoms with van der Waals surface area (Å²) in [5.74, 6) is 0.394. The second kappa shape index (κ2) is 7.25. The first-order valence-corrected chi connectivity index (χ1v) is 9.94. The summed E-state index contributed by atoms with van der Waals surface area (Å²) in [4.78, 5) is 17.3. The van der Waals surface area contributed by atoms with Crippen LogP contribution in [0.3, 0.4) is 0 Å². The number of rotatable bonds is 4. The highest BCUT2D eigenvalue weighted by Gasteiger charge is 2.11. The van der Waals surface area contributed by atoms with Crippen molar-refractivity contribution in [3.05, 3.63) is 58.3 Å². The van der Waals surface area contributed by atoms with E-state index in [1.807, 2.05) is 48.5 Å². The van der Waals surface area contributed by atoms with Crippen LogP contribution in [0.4, 0.5) is 11.6 Å². The summed E-state index contributed by atoms with van der Waals surface area (Å²) in [6.07, 6.45) is 0. The average Bonchev–Trinajstić information content (AvgIpc) is 2.98. The first-order chi connectivity index (χ1) is 12.2.